The number of hydrogen-bond acceptors (Lipinski definition) is 5. The Morgan fingerprint density at radius 3 is 2.46 bits per heavy atom. The molecule has 3 aromatic heterocycles. The maximum atomic E-state index is 13.4. The lowest BCUT2D eigenvalue weighted by Gasteiger charge is -2.31. The summed E-state index contributed by atoms with van der Waals surface area (Å²) in [6.45, 7) is 2.87. The molecule has 0 spiro atoms. The van der Waals surface area contributed by atoms with Crippen LogP contribution in [0.2, 0.25) is 0 Å². The molecule has 1 fully saturated rings. The second-order valence-electron chi connectivity index (χ2n) is 10.3. The van der Waals surface area contributed by atoms with Crippen molar-refractivity contribution in [3.8, 4) is 28.1 Å². The number of likely N-dealkylation sites (tertiary alicyclic amines) is 1. The van der Waals surface area contributed by atoms with Crippen LogP contribution in [-0.4, -0.2) is 55.7 Å². The molecule has 1 aliphatic rings. The number of fused-ring (bicyclic) bond motifs is 3. The fourth-order valence-corrected chi connectivity index (χ4v) is 6.60. The number of aromatic amines is 1. The highest BCUT2D eigenvalue weighted by Gasteiger charge is 2.25. The van der Waals surface area contributed by atoms with E-state index in [1.54, 1.807) is 24.9 Å². The standard InChI is InChI=1S/C31H32N4O3S/c1-34-26-18-32-30-24(28(26)29(38-2)27(31(34)36)22-7-5-4-6-8-22)17-25(33-30)21-11-9-20(10-12-21)19-35-15-13-23(14-16-35)39(3)37/h4-12,17-18,23H,13-16,19H2,1-3H3,(H,32,33). The Hall–Kier alpha value is -3.59. The van der Waals surface area contributed by atoms with Gasteiger partial charge in [0.25, 0.3) is 5.56 Å². The average Bonchev–Trinajstić information content (AvgIpc) is 3.40. The van der Waals surface area contributed by atoms with Gasteiger partial charge in [0.2, 0.25) is 0 Å². The van der Waals surface area contributed by atoms with Crippen LogP contribution in [0.5, 0.6) is 5.75 Å². The van der Waals surface area contributed by atoms with Crippen LogP contribution in [0.4, 0.5) is 0 Å². The van der Waals surface area contributed by atoms with E-state index in [4.69, 9.17) is 4.74 Å². The Labute approximate surface area is 230 Å². The van der Waals surface area contributed by atoms with Gasteiger partial charge in [0.15, 0.2) is 0 Å². The lowest BCUT2D eigenvalue weighted by molar-refractivity contribution is 0.222. The summed E-state index contributed by atoms with van der Waals surface area (Å²) < 4.78 is 19.3. The minimum atomic E-state index is -0.730. The third-order valence-corrected chi connectivity index (χ3v) is 9.32. The summed E-state index contributed by atoms with van der Waals surface area (Å²) in [5.41, 5.74) is 6.00. The molecule has 6 rings (SSSR count). The van der Waals surface area contributed by atoms with Gasteiger partial charge >= 0.3 is 0 Å². The zero-order valence-electron chi connectivity index (χ0n) is 22.4. The summed E-state index contributed by atoms with van der Waals surface area (Å²) in [6, 6.07) is 20.4. The molecule has 0 saturated carbocycles. The Balaban J connectivity index is 1.36. The van der Waals surface area contributed by atoms with Crippen molar-refractivity contribution in [2.75, 3.05) is 26.5 Å². The molecular weight excluding hydrogens is 508 g/mol. The molecule has 0 aliphatic carbocycles. The fourth-order valence-electron chi connectivity index (χ4n) is 5.72. The first kappa shape index (κ1) is 25.7. The van der Waals surface area contributed by atoms with Gasteiger partial charge in [0.1, 0.15) is 16.6 Å². The quantitative estimate of drug-likeness (QED) is 0.303. The number of benzene rings is 2. The summed E-state index contributed by atoms with van der Waals surface area (Å²) in [4.78, 5) is 23.9. The van der Waals surface area contributed by atoms with Gasteiger partial charge in [-0.3, -0.25) is 9.69 Å². The number of nitrogens with one attached hydrogen (secondary N) is 1. The number of nitrogens with zero attached hydrogens (tertiary/aromatic N) is 3. The number of rotatable bonds is 6. The van der Waals surface area contributed by atoms with Gasteiger partial charge in [-0.2, -0.15) is 0 Å². The van der Waals surface area contributed by atoms with E-state index in [2.05, 4.69) is 45.2 Å². The van der Waals surface area contributed by atoms with Crippen molar-refractivity contribution in [3.05, 3.63) is 82.8 Å². The number of pyridine rings is 2. The van der Waals surface area contributed by atoms with Crippen molar-refractivity contribution < 1.29 is 9.29 Å². The summed E-state index contributed by atoms with van der Waals surface area (Å²) in [7, 11) is 3.39. The van der Waals surface area contributed by atoms with Crippen LogP contribution in [0.25, 0.3) is 44.3 Å². The SMILES string of the molecule is COc1c(-c2ccccc2)c(=O)n(C)c2cnc3[nH]c(-c4ccc(CN5CCC([S+](C)[O-])CC5)cc4)cc3c12. The highest BCUT2D eigenvalue weighted by molar-refractivity contribution is 7.91. The summed E-state index contributed by atoms with van der Waals surface area (Å²) in [5, 5.41) is 2.10. The van der Waals surface area contributed by atoms with Gasteiger partial charge in [-0.1, -0.05) is 65.8 Å². The zero-order chi connectivity index (χ0) is 27.1. The minimum Gasteiger partial charge on any atom is -0.616 e. The molecule has 1 N–H and O–H groups in total. The van der Waals surface area contributed by atoms with E-state index in [1.165, 1.54) is 5.56 Å². The lowest BCUT2D eigenvalue weighted by Crippen LogP contribution is -2.38. The summed E-state index contributed by atoms with van der Waals surface area (Å²) in [5.74, 6) is 0.559. The van der Waals surface area contributed by atoms with Crippen LogP contribution in [0.1, 0.15) is 18.4 Å². The van der Waals surface area contributed by atoms with Crippen LogP contribution >= 0.6 is 0 Å². The van der Waals surface area contributed by atoms with Gasteiger partial charge in [-0.15, -0.1) is 0 Å². The molecule has 8 heteroatoms. The fraction of sp³-hybridized carbons (Fsp3) is 0.290. The van der Waals surface area contributed by atoms with Crippen molar-refractivity contribution in [2.24, 2.45) is 7.05 Å². The van der Waals surface area contributed by atoms with Crippen molar-refractivity contribution in [2.45, 2.75) is 24.6 Å². The first-order chi connectivity index (χ1) is 18.9. The normalized spacial score (nSPS) is 15.7. The van der Waals surface area contributed by atoms with Crippen molar-refractivity contribution >= 4 is 33.1 Å². The monoisotopic (exact) mass is 540 g/mol. The molecular formula is C31H32N4O3S. The molecule has 4 heterocycles. The van der Waals surface area contributed by atoms with Crippen LogP contribution in [0.15, 0.2) is 71.7 Å². The zero-order valence-corrected chi connectivity index (χ0v) is 23.3. The lowest BCUT2D eigenvalue weighted by atomic mass is 10.0. The molecule has 5 aromatic rings. The number of hydrogen-bond donors (Lipinski definition) is 1. The Morgan fingerprint density at radius 1 is 1.08 bits per heavy atom. The molecule has 0 amide bonds. The third kappa shape index (κ3) is 4.73. The van der Waals surface area contributed by atoms with E-state index in [0.29, 0.717) is 16.6 Å². The Morgan fingerprint density at radius 2 is 1.79 bits per heavy atom. The van der Waals surface area contributed by atoms with Crippen LogP contribution in [0, 0.1) is 0 Å². The minimum absolute atomic E-state index is 0.120. The summed E-state index contributed by atoms with van der Waals surface area (Å²) >= 11 is -0.730. The van der Waals surface area contributed by atoms with E-state index in [1.807, 2.05) is 36.6 Å². The van der Waals surface area contributed by atoms with Crippen molar-refractivity contribution in [3.63, 3.8) is 0 Å². The average molecular weight is 541 g/mol. The van der Waals surface area contributed by atoms with Gasteiger partial charge in [0.05, 0.1) is 36.0 Å². The maximum absolute atomic E-state index is 13.4. The first-order valence-corrected chi connectivity index (χ1v) is 14.8. The van der Waals surface area contributed by atoms with Crippen LogP contribution < -0.4 is 10.3 Å². The van der Waals surface area contributed by atoms with Gasteiger partial charge in [0, 0.05) is 50.6 Å². The smallest absolute Gasteiger partial charge is 0.262 e. The van der Waals surface area contributed by atoms with Crippen LogP contribution in [0.3, 0.4) is 0 Å². The van der Waals surface area contributed by atoms with E-state index in [9.17, 15) is 9.35 Å². The number of methoxy groups -OCH3 is 1. The van der Waals surface area contributed by atoms with E-state index >= 15 is 0 Å². The second kappa shape index (κ2) is 10.5. The molecule has 1 atom stereocenters. The second-order valence-corrected chi connectivity index (χ2v) is 11.9. The molecule has 7 nitrogen and oxygen atoms in total. The van der Waals surface area contributed by atoms with Gasteiger partial charge in [-0.05, 0) is 22.8 Å². The molecule has 1 unspecified atom stereocenters. The number of aromatic nitrogens is 3. The number of aryl methyl sites for hydroxylation is 1. The molecule has 39 heavy (non-hydrogen) atoms. The third-order valence-electron chi connectivity index (χ3n) is 7.91. The molecule has 200 valence electrons. The molecule has 1 saturated heterocycles. The van der Waals surface area contributed by atoms with Crippen molar-refractivity contribution in [1.82, 2.24) is 19.4 Å². The highest BCUT2D eigenvalue weighted by Crippen LogP contribution is 2.38. The Bertz CT molecular complexity index is 1690. The van der Waals surface area contributed by atoms with Crippen molar-refractivity contribution in [1.29, 1.82) is 0 Å². The number of ether oxygens (including phenoxy) is 1. The largest absolute Gasteiger partial charge is 0.616 e. The first-order valence-electron chi connectivity index (χ1n) is 13.2. The Kier molecular flexibility index (Phi) is 6.93. The molecule has 1 aliphatic heterocycles. The predicted octanol–water partition coefficient (Wildman–Crippen LogP) is 5.10. The van der Waals surface area contributed by atoms with Gasteiger partial charge < -0.3 is 18.8 Å². The van der Waals surface area contributed by atoms with Gasteiger partial charge in [-0.25, -0.2) is 4.98 Å². The molecule has 0 radical (unpaired) electrons. The van der Waals surface area contributed by atoms with E-state index < -0.39 is 11.2 Å². The number of H-pyrrole nitrogens is 1. The van der Waals surface area contributed by atoms with E-state index in [-0.39, 0.29) is 5.56 Å². The number of piperidine rings is 1. The summed E-state index contributed by atoms with van der Waals surface area (Å²) in [6.07, 6.45) is 5.55. The maximum Gasteiger partial charge on any atom is 0.262 e. The highest BCUT2D eigenvalue weighted by atomic mass is 32.2. The van der Waals surface area contributed by atoms with E-state index in [0.717, 1.165) is 71.2 Å². The van der Waals surface area contributed by atoms with Crippen LogP contribution in [-0.2, 0) is 24.8 Å². The topological polar surface area (TPSA) is 86.2 Å². The predicted molar refractivity (Wildman–Crippen MR) is 159 cm³/mol. The molecule has 2 aromatic carbocycles. The molecule has 0 bridgehead atoms.